The van der Waals surface area contributed by atoms with Crippen molar-refractivity contribution in [3.8, 4) is 0 Å². The van der Waals surface area contributed by atoms with Gasteiger partial charge in [0, 0.05) is 24.7 Å². The van der Waals surface area contributed by atoms with Crippen molar-refractivity contribution in [3.05, 3.63) is 68.8 Å². The van der Waals surface area contributed by atoms with Crippen molar-refractivity contribution in [2.45, 2.75) is 55.9 Å². The standard InChI is InChI=1S/C22H28N4O8S2/c1-21(2)12-16(24-36(33,34)20-11-7-5-9-18(20)26(29)30)13-22(3,14-21)15-23-35(31,32)19-10-6-4-8-17(19)25(27)28/h4-11,16,23-24H,12-15H2,1-3H3/t16-,22-/m0/s1. The average Bonchev–Trinajstić information content (AvgIpc) is 2.76. The van der Waals surface area contributed by atoms with Gasteiger partial charge in [-0.2, -0.15) is 0 Å². The largest absolute Gasteiger partial charge is 0.289 e. The number of hydrogen-bond acceptors (Lipinski definition) is 8. The summed E-state index contributed by atoms with van der Waals surface area (Å²) in [6.07, 6.45) is 1.22. The molecule has 2 N–H and O–H groups in total. The fourth-order valence-electron chi connectivity index (χ4n) is 5.15. The van der Waals surface area contributed by atoms with Gasteiger partial charge in [-0.3, -0.25) is 20.2 Å². The van der Waals surface area contributed by atoms with E-state index in [1.165, 1.54) is 24.3 Å². The Balaban J connectivity index is 1.83. The number of para-hydroxylation sites is 2. The maximum Gasteiger partial charge on any atom is 0.289 e. The van der Waals surface area contributed by atoms with Crippen molar-refractivity contribution < 1.29 is 26.7 Å². The summed E-state index contributed by atoms with van der Waals surface area (Å²) < 4.78 is 57.0. The Hall–Kier alpha value is -2.94. The lowest BCUT2D eigenvalue weighted by Crippen LogP contribution is -2.50. The zero-order chi connectivity index (χ0) is 26.9. The minimum Gasteiger partial charge on any atom is -0.258 e. The van der Waals surface area contributed by atoms with Crippen molar-refractivity contribution in [2.75, 3.05) is 6.54 Å². The highest BCUT2D eigenvalue weighted by Crippen LogP contribution is 2.46. The predicted octanol–water partition coefficient (Wildman–Crippen LogP) is 3.34. The molecule has 196 valence electrons. The zero-order valence-corrected chi connectivity index (χ0v) is 21.6. The molecule has 14 heteroatoms. The van der Waals surface area contributed by atoms with Crippen molar-refractivity contribution >= 4 is 31.4 Å². The first-order valence-electron chi connectivity index (χ1n) is 11.0. The normalized spacial score (nSPS) is 22.1. The van der Waals surface area contributed by atoms with E-state index >= 15 is 0 Å². The lowest BCUT2D eigenvalue weighted by molar-refractivity contribution is -0.388. The van der Waals surface area contributed by atoms with Gasteiger partial charge < -0.3 is 0 Å². The zero-order valence-electron chi connectivity index (χ0n) is 20.0. The third-order valence-electron chi connectivity index (χ3n) is 6.16. The summed E-state index contributed by atoms with van der Waals surface area (Å²) in [4.78, 5) is 20.2. The van der Waals surface area contributed by atoms with Crippen LogP contribution in [0.25, 0.3) is 0 Å². The molecule has 3 rings (SSSR count). The maximum atomic E-state index is 13.1. The Morgan fingerprint density at radius 1 is 0.833 bits per heavy atom. The van der Waals surface area contributed by atoms with Gasteiger partial charge in [0.25, 0.3) is 11.4 Å². The lowest BCUT2D eigenvalue weighted by Gasteiger charge is -2.46. The van der Waals surface area contributed by atoms with Gasteiger partial charge in [0.15, 0.2) is 9.79 Å². The number of nitro groups is 2. The SMILES string of the molecule is CC1(C)C[C@H](NS(=O)(=O)c2ccccc2[N+](=O)[O-])C[C@](C)(CNS(=O)(=O)c2ccccc2[N+](=O)[O-])C1. The van der Waals surface area contributed by atoms with Gasteiger partial charge in [-0.25, -0.2) is 26.3 Å². The molecule has 0 bridgehead atoms. The molecule has 1 saturated carbocycles. The van der Waals surface area contributed by atoms with Crippen molar-refractivity contribution in [1.82, 2.24) is 9.44 Å². The van der Waals surface area contributed by atoms with E-state index in [0.29, 0.717) is 12.8 Å². The highest BCUT2D eigenvalue weighted by Gasteiger charge is 2.43. The molecule has 2 aromatic carbocycles. The number of nitro benzene ring substituents is 2. The monoisotopic (exact) mass is 540 g/mol. The van der Waals surface area contributed by atoms with E-state index in [1.807, 2.05) is 20.8 Å². The Kier molecular flexibility index (Phi) is 7.56. The molecular formula is C22H28N4O8S2. The molecule has 0 saturated heterocycles. The average molecular weight is 541 g/mol. The molecule has 2 atom stereocenters. The van der Waals surface area contributed by atoms with Crippen molar-refractivity contribution in [1.29, 1.82) is 0 Å². The fraction of sp³-hybridized carbons (Fsp3) is 0.455. The number of benzene rings is 2. The smallest absolute Gasteiger partial charge is 0.258 e. The first-order valence-corrected chi connectivity index (χ1v) is 14.0. The predicted molar refractivity (Wildman–Crippen MR) is 131 cm³/mol. The minimum absolute atomic E-state index is 0.0888. The number of hydrogen-bond donors (Lipinski definition) is 2. The second kappa shape index (κ2) is 9.84. The van der Waals surface area contributed by atoms with Crippen LogP contribution in [-0.4, -0.2) is 39.3 Å². The molecule has 0 aromatic heterocycles. The number of nitrogens with one attached hydrogen (secondary N) is 2. The van der Waals surface area contributed by atoms with Gasteiger partial charge in [-0.15, -0.1) is 0 Å². The Morgan fingerprint density at radius 3 is 1.81 bits per heavy atom. The molecule has 0 aliphatic heterocycles. The summed E-state index contributed by atoms with van der Waals surface area (Å²) in [6, 6.07) is 9.44. The van der Waals surface area contributed by atoms with Crippen LogP contribution in [0.5, 0.6) is 0 Å². The molecule has 0 radical (unpaired) electrons. The first kappa shape index (κ1) is 27.6. The van der Waals surface area contributed by atoms with Gasteiger partial charge in [0.05, 0.1) is 9.85 Å². The summed E-state index contributed by atoms with van der Waals surface area (Å²) in [7, 11) is -8.47. The molecule has 0 spiro atoms. The summed E-state index contributed by atoms with van der Waals surface area (Å²) >= 11 is 0. The first-order chi connectivity index (χ1) is 16.6. The molecule has 0 unspecified atom stereocenters. The van der Waals surface area contributed by atoms with Crippen LogP contribution in [0.1, 0.15) is 40.0 Å². The molecule has 0 amide bonds. The summed E-state index contributed by atoms with van der Waals surface area (Å²) in [5, 5.41) is 22.6. The van der Waals surface area contributed by atoms with Crippen LogP contribution in [0.15, 0.2) is 58.3 Å². The van der Waals surface area contributed by atoms with Gasteiger partial charge in [0.1, 0.15) is 0 Å². The fourth-order valence-corrected chi connectivity index (χ4v) is 7.93. The van der Waals surface area contributed by atoms with E-state index in [-0.39, 0.29) is 13.0 Å². The minimum atomic E-state index is -4.24. The molecule has 0 heterocycles. The van der Waals surface area contributed by atoms with Crippen molar-refractivity contribution in [3.63, 3.8) is 0 Å². The summed E-state index contributed by atoms with van der Waals surface area (Å²) in [5.41, 5.74) is -2.20. The summed E-state index contributed by atoms with van der Waals surface area (Å²) in [6.45, 7) is 5.57. The van der Waals surface area contributed by atoms with Crippen molar-refractivity contribution in [2.24, 2.45) is 10.8 Å². The molecule has 36 heavy (non-hydrogen) atoms. The Bertz CT molecular complexity index is 1390. The van der Waals surface area contributed by atoms with Crippen LogP contribution in [0, 0.1) is 31.1 Å². The second-order valence-corrected chi connectivity index (χ2v) is 13.6. The second-order valence-electron chi connectivity index (χ2n) is 10.2. The molecule has 1 aliphatic carbocycles. The van der Waals surface area contributed by atoms with Crippen LogP contribution in [-0.2, 0) is 20.0 Å². The van der Waals surface area contributed by atoms with Crippen LogP contribution in [0.2, 0.25) is 0 Å². The maximum absolute atomic E-state index is 13.1. The number of sulfonamides is 2. The van der Waals surface area contributed by atoms with E-state index in [2.05, 4.69) is 9.44 Å². The van der Waals surface area contributed by atoms with E-state index in [0.717, 1.165) is 24.3 Å². The van der Waals surface area contributed by atoms with E-state index < -0.39 is 67.9 Å². The van der Waals surface area contributed by atoms with Crippen LogP contribution in [0.3, 0.4) is 0 Å². The van der Waals surface area contributed by atoms with Crippen LogP contribution in [0.4, 0.5) is 11.4 Å². The topological polar surface area (TPSA) is 179 Å². The van der Waals surface area contributed by atoms with E-state index in [4.69, 9.17) is 0 Å². The number of nitrogens with zero attached hydrogens (tertiary/aromatic N) is 2. The van der Waals surface area contributed by atoms with E-state index in [1.54, 1.807) is 0 Å². The summed E-state index contributed by atoms with van der Waals surface area (Å²) in [5.74, 6) is 0. The van der Waals surface area contributed by atoms with Gasteiger partial charge >= 0.3 is 0 Å². The molecule has 12 nitrogen and oxygen atoms in total. The molecule has 2 aromatic rings. The van der Waals surface area contributed by atoms with Gasteiger partial charge in [-0.1, -0.05) is 45.0 Å². The number of rotatable bonds is 9. The molecular weight excluding hydrogens is 512 g/mol. The molecule has 1 aliphatic rings. The quantitative estimate of drug-likeness (QED) is 0.359. The Labute approximate surface area is 209 Å². The lowest BCUT2D eigenvalue weighted by atomic mass is 9.63. The third kappa shape index (κ3) is 6.24. The van der Waals surface area contributed by atoms with Crippen LogP contribution < -0.4 is 9.44 Å². The third-order valence-corrected chi connectivity index (χ3v) is 9.17. The highest BCUT2D eigenvalue weighted by molar-refractivity contribution is 7.90. The molecule has 1 fully saturated rings. The highest BCUT2D eigenvalue weighted by atomic mass is 32.2. The van der Waals surface area contributed by atoms with Crippen LogP contribution >= 0.6 is 0 Å². The van der Waals surface area contributed by atoms with Gasteiger partial charge in [0.2, 0.25) is 20.0 Å². The Morgan fingerprint density at radius 2 is 1.31 bits per heavy atom. The van der Waals surface area contributed by atoms with Gasteiger partial charge in [-0.05, 0) is 42.2 Å². The van der Waals surface area contributed by atoms with E-state index in [9.17, 15) is 37.1 Å².